The lowest BCUT2D eigenvalue weighted by molar-refractivity contribution is -0.192. The topological polar surface area (TPSA) is 124 Å². The van der Waals surface area contributed by atoms with Crippen LogP contribution in [0, 0.1) is 6.92 Å². The molecule has 0 radical (unpaired) electrons. The van der Waals surface area contributed by atoms with Gasteiger partial charge >= 0.3 is 18.2 Å². The van der Waals surface area contributed by atoms with Crippen LogP contribution in [-0.2, 0) is 11.2 Å². The average molecular weight is 536 g/mol. The summed E-state index contributed by atoms with van der Waals surface area (Å²) in [6.45, 7) is 7.58. The number of amides is 2. The van der Waals surface area contributed by atoms with Gasteiger partial charge < -0.3 is 29.8 Å². The van der Waals surface area contributed by atoms with Gasteiger partial charge in [-0.3, -0.25) is 4.90 Å². The summed E-state index contributed by atoms with van der Waals surface area (Å²) in [6, 6.07) is 4.11. The van der Waals surface area contributed by atoms with E-state index in [0.717, 1.165) is 48.8 Å². The van der Waals surface area contributed by atoms with E-state index in [1.807, 2.05) is 29.8 Å². The standard InChI is InChI=1S/C22H27N7O2.C2HF3O2/c1-14-11-27(9-7-23-14)18-4-6-24-21-16(18)5-8-29(21)22(30)26-17-13-28-12-15(2)25-20(28)10-19(17)31-3;3-2(4,5)1(6)7/h4,6,10,12-14,23H,5,7-9,11H2,1-3H3,(H,26,30);(H,6,7)/t14-;/m0./s1. The molecule has 2 aliphatic rings. The van der Waals surface area contributed by atoms with Crippen LogP contribution in [0.4, 0.5) is 35.2 Å². The van der Waals surface area contributed by atoms with E-state index in [4.69, 9.17) is 14.6 Å². The number of fused-ring (bicyclic) bond motifs is 2. The number of methoxy groups -OCH3 is 1. The number of nitrogens with zero attached hydrogens (tertiary/aromatic N) is 5. The lowest BCUT2D eigenvalue weighted by atomic mass is 10.1. The number of hydrogen-bond donors (Lipinski definition) is 3. The number of carboxylic acids is 1. The maximum atomic E-state index is 13.2. The summed E-state index contributed by atoms with van der Waals surface area (Å²) in [5, 5.41) is 13.6. The van der Waals surface area contributed by atoms with Gasteiger partial charge in [0.15, 0.2) is 0 Å². The number of alkyl halides is 3. The number of ether oxygens (including phenoxy) is 1. The van der Waals surface area contributed by atoms with Gasteiger partial charge in [0.05, 0.1) is 12.8 Å². The van der Waals surface area contributed by atoms with Gasteiger partial charge in [-0.25, -0.2) is 19.6 Å². The van der Waals surface area contributed by atoms with Crippen molar-refractivity contribution < 1.29 is 32.6 Å². The van der Waals surface area contributed by atoms with Crippen molar-refractivity contribution in [3.63, 3.8) is 0 Å². The molecule has 3 aromatic rings. The van der Waals surface area contributed by atoms with Crippen LogP contribution in [0.2, 0.25) is 0 Å². The second-order valence-corrected chi connectivity index (χ2v) is 8.97. The molecule has 0 aromatic carbocycles. The number of aliphatic carboxylic acids is 1. The van der Waals surface area contributed by atoms with E-state index < -0.39 is 12.1 Å². The number of urea groups is 1. The molecule has 0 bridgehead atoms. The highest BCUT2D eigenvalue weighted by Gasteiger charge is 2.38. The fourth-order valence-corrected chi connectivity index (χ4v) is 4.51. The van der Waals surface area contributed by atoms with E-state index in [1.165, 1.54) is 5.69 Å². The number of rotatable bonds is 3. The molecule has 0 spiro atoms. The molecule has 5 heterocycles. The lowest BCUT2D eigenvalue weighted by Gasteiger charge is -2.34. The fourth-order valence-electron chi connectivity index (χ4n) is 4.51. The highest BCUT2D eigenvalue weighted by Crippen LogP contribution is 2.35. The number of nitrogens with one attached hydrogen (secondary N) is 2. The van der Waals surface area contributed by atoms with Gasteiger partial charge in [-0.15, -0.1) is 0 Å². The van der Waals surface area contributed by atoms with Gasteiger partial charge in [-0.1, -0.05) is 0 Å². The molecule has 5 rings (SSSR count). The Morgan fingerprint density at radius 2 is 2.00 bits per heavy atom. The van der Waals surface area contributed by atoms with Crippen LogP contribution >= 0.6 is 0 Å². The molecule has 3 aromatic heterocycles. The molecule has 0 saturated carbocycles. The summed E-state index contributed by atoms with van der Waals surface area (Å²) in [5.41, 5.74) is 4.59. The first kappa shape index (κ1) is 27.0. The van der Waals surface area contributed by atoms with Gasteiger partial charge in [-0.2, -0.15) is 13.2 Å². The van der Waals surface area contributed by atoms with E-state index in [1.54, 1.807) is 18.2 Å². The molecule has 204 valence electrons. The SMILES string of the molecule is COc1cc2nc(C)cn2cc1NC(=O)N1CCc2c(N3CCN[C@@H](C)C3)ccnc21.O=C(O)C(F)(F)F. The molecule has 1 saturated heterocycles. The van der Waals surface area contributed by atoms with Crippen LogP contribution in [-0.4, -0.2) is 77.0 Å². The smallest absolute Gasteiger partial charge is 0.490 e. The van der Waals surface area contributed by atoms with E-state index >= 15 is 0 Å². The molecular weight excluding hydrogens is 507 g/mol. The predicted molar refractivity (Wildman–Crippen MR) is 134 cm³/mol. The number of carbonyl (C=O) groups is 2. The number of aryl methyl sites for hydroxylation is 1. The summed E-state index contributed by atoms with van der Waals surface area (Å²) < 4.78 is 39.1. The van der Waals surface area contributed by atoms with Crippen molar-refractivity contribution in [1.82, 2.24) is 19.7 Å². The molecule has 2 amide bonds. The van der Waals surface area contributed by atoms with Crippen molar-refractivity contribution in [2.45, 2.75) is 32.5 Å². The quantitative estimate of drug-likeness (QED) is 0.468. The van der Waals surface area contributed by atoms with Crippen LogP contribution in [0.25, 0.3) is 5.65 Å². The van der Waals surface area contributed by atoms with Gasteiger partial charge in [0.1, 0.15) is 22.9 Å². The number of aromatic nitrogens is 3. The van der Waals surface area contributed by atoms with Crippen molar-refractivity contribution in [3.05, 3.63) is 42.0 Å². The summed E-state index contributed by atoms with van der Waals surface area (Å²) in [7, 11) is 1.59. The molecule has 2 aliphatic heterocycles. The van der Waals surface area contributed by atoms with E-state index in [9.17, 15) is 18.0 Å². The molecule has 1 atom stereocenters. The maximum Gasteiger partial charge on any atom is 0.490 e. The van der Waals surface area contributed by atoms with Gasteiger partial charge in [0, 0.05) is 68.1 Å². The Morgan fingerprint density at radius 3 is 2.66 bits per heavy atom. The van der Waals surface area contributed by atoms with Crippen LogP contribution in [0.3, 0.4) is 0 Å². The van der Waals surface area contributed by atoms with E-state index in [2.05, 4.69) is 38.5 Å². The van der Waals surface area contributed by atoms with Crippen LogP contribution in [0.1, 0.15) is 18.2 Å². The van der Waals surface area contributed by atoms with E-state index in [-0.39, 0.29) is 6.03 Å². The van der Waals surface area contributed by atoms with Crippen molar-refractivity contribution >= 4 is 34.8 Å². The van der Waals surface area contributed by atoms with Crippen molar-refractivity contribution in [3.8, 4) is 5.75 Å². The number of piperazine rings is 1. The first-order valence-corrected chi connectivity index (χ1v) is 11.9. The minimum absolute atomic E-state index is 0.216. The lowest BCUT2D eigenvalue weighted by Crippen LogP contribution is -2.49. The highest BCUT2D eigenvalue weighted by molar-refractivity contribution is 6.03. The number of hydrogen-bond acceptors (Lipinski definition) is 7. The Balaban J connectivity index is 0.000000426. The number of imidazole rings is 1. The average Bonchev–Trinajstić information content (AvgIpc) is 3.45. The minimum atomic E-state index is -5.08. The second-order valence-electron chi connectivity index (χ2n) is 8.97. The largest absolute Gasteiger partial charge is 0.494 e. The third-order valence-electron chi connectivity index (χ3n) is 6.18. The number of carboxylic acid groups (broad SMARTS) is 1. The summed E-state index contributed by atoms with van der Waals surface area (Å²) in [5.74, 6) is -1.45. The van der Waals surface area contributed by atoms with E-state index in [0.29, 0.717) is 24.0 Å². The Kier molecular flexibility index (Phi) is 7.62. The van der Waals surface area contributed by atoms with Crippen LogP contribution in [0.5, 0.6) is 5.75 Å². The number of halogens is 3. The van der Waals surface area contributed by atoms with Gasteiger partial charge in [0.2, 0.25) is 0 Å². The molecule has 11 nitrogen and oxygen atoms in total. The Hall–Kier alpha value is -4.07. The molecular formula is C24H28F3N7O4. The highest BCUT2D eigenvalue weighted by atomic mass is 19.4. The number of pyridine rings is 2. The predicted octanol–water partition coefficient (Wildman–Crippen LogP) is 3.07. The van der Waals surface area contributed by atoms with Crippen molar-refractivity contribution in [2.24, 2.45) is 0 Å². The zero-order valence-electron chi connectivity index (χ0n) is 21.0. The van der Waals surface area contributed by atoms with Crippen LogP contribution < -0.4 is 25.2 Å². The van der Waals surface area contributed by atoms with Gasteiger partial charge in [-0.05, 0) is 26.3 Å². The second kappa shape index (κ2) is 10.7. The molecule has 38 heavy (non-hydrogen) atoms. The van der Waals surface area contributed by atoms with Gasteiger partial charge in [0.25, 0.3) is 0 Å². The third kappa shape index (κ3) is 5.74. The molecule has 0 aliphatic carbocycles. The normalized spacial score (nSPS) is 17.1. The Bertz CT molecular complexity index is 1340. The summed E-state index contributed by atoms with van der Waals surface area (Å²) >= 11 is 0. The minimum Gasteiger partial charge on any atom is -0.494 e. The summed E-state index contributed by atoms with van der Waals surface area (Å²) in [4.78, 5) is 35.2. The first-order chi connectivity index (χ1) is 18.0. The van der Waals surface area contributed by atoms with Crippen molar-refractivity contribution in [2.75, 3.05) is 48.4 Å². The Labute approximate surface area is 216 Å². The zero-order valence-corrected chi connectivity index (χ0v) is 21.0. The fraction of sp³-hybridized carbons (Fsp3) is 0.417. The molecule has 3 N–H and O–H groups in total. The molecule has 1 fully saturated rings. The van der Waals surface area contributed by atoms with Crippen molar-refractivity contribution in [1.29, 1.82) is 0 Å². The third-order valence-corrected chi connectivity index (χ3v) is 6.18. The van der Waals surface area contributed by atoms with Crippen LogP contribution in [0.15, 0.2) is 30.7 Å². The molecule has 0 unspecified atom stereocenters. The Morgan fingerprint density at radius 1 is 1.26 bits per heavy atom. The zero-order chi connectivity index (χ0) is 27.6. The number of anilines is 3. The number of carbonyl (C=O) groups excluding carboxylic acids is 1. The maximum absolute atomic E-state index is 13.2. The first-order valence-electron chi connectivity index (χ1n) is 11.9. The monoisotopic (exact) mass is 535 g/mol. The molecule has 14 heteroatoms. The summed E-state index contributed by atoms with van der Waals surface area (Å²) in [6.07, 6.45) is 1.25.